The van der Waals surface area contributed by atoms with E-state index in [4.69, 9.17) is 8.83 Å². The van der Waals surface area contributed by atoms with E-state index in [1.165, 1.54) is 32.7 Å². The molecule has 3 heteroatoms. The average molecular weight is 678 g/mol. The van der Waals surface area contributed by atoms with Gasteiger partial charge in [0.1, 0.15) is 22.3 Å². The van der Waals surface area contributed by atoms with E-state index in [9.17, 15) is 0 Å². The summed E-state index contributed by atoms with van der Waals surface area (Å²) in [6.45, 7) is 0. The molecule has 2 heterocycles. The first kappa shape index (κ1) is 29.6. The Bertz CT molecular complexity index is 3170. The van der Waals surface area contributed by atoms with Crippen LogP contribution in [0.4, 0.5) is 17.1 Å². The molecule has 0 amide bonds. The predicted molar refractivity (Wildman–Crippen MR) is 222 cm³/mol. The van der Waals surface area contributed by atoms with Crippen LogP contribution in [0.1, 0.15) is 0 Å². The first-order valence-corrected chi connectivity index (χ1v) is 18.0. The van der Waals surface area contributed by atoms with Crippen molar-refractivity contribution >= 4 is 82.5 Å². The Morgan fingerprint density at radius 1 is 0.302 bits per heavy atom. The van der Waals surface area contributed by atoms with E-state index in [1.54, 1.807) is 0 Å². The van der Waals surface area contributed by atoms with Crippen LogP contribution in [0.15, 0.2) is 197 Å². The largest absolute Gasteiger partial charge is 0.456 e. The smallest absolute Gasteiger partial charge is 0.136 e. The maximum Gasteiger partial charge on any atom is 0.136 e. The molecule has 0 saturated heterocycles. The molecule has 0 N–H and O–H groups in total. The molecule has 0 radical (unpaired) electrons. The number of hydrogen-bond donors (Lipinski definition) is 0. The summed E-state index contributed by atoms with van der Waals surface area (Å²) in [5.41, 5.74) is 11.3. The second kappa shape index (κ2) is 11.7. The summed E-state index contributed by atoms with van der Waals surface area (Å²) in [4.78, 5) is 2.33. The monoisotopic (exact) mass is 677 g/mol. The summed E-state index contributed by atoms with van der Waals surface area (Å²) < 4.78 is 12.8. The zero-order valence-electron chi connectivity index (χ0n) is 28.7. The van der Waals surface area contributed by atoms with Crippen molar-refractivity contribution in [3.63, 3.8) is 0 Å². The molecule has 0 saturated carbocycles. The first-order chi connectivity index (χ1) is 26.2. The third kappa shape index (κ3) is 4.82. The van der Waals surface area contributed by atoms with Crippen LogP contribution < -0.4 is 4.90 Å². The molecule has 0 aliphatic heterocycles. The highest BCUT2D eigenvalue weighted by molar-refractivity contribution is 6.15. The van der Waals surface area contributed by atoms with Gasteiger partial charge in [-0.2, -0.15) is 0 Å². The van der Waals surface area contributed by atoms with E-state index in [0.29, 0.717) is 0 Å². The number of para-hydroxylation sites is 1. The van der Waals surface area contributed by atoms with Gasteiger partial charge in [-0.1, -0.05) is 121 Å². The Kier molecular flexibility index (Phi) is 6.55. The van der Waals surface area contributed by atoms with Crippen LogP contribution in [0.5, 0.6) is 0 Å². The van der Waals surface area contributed by atoms with Gasteiger partial charge in [-0.25, -0.2) is 0 Å². The van der Waals surface area contributed by atoms with E-state index in [1.807, 2.05) is 12.1 Å². The van der Waals surface area contributed by atoms with Crippen molar-refractivity contribution < 1.29 is 8.83 Å². The second-order valence-corrected chi connectivity index (χ2v) is 13.7. The van der Waals surface area contributed by atoms with Gasteiger partial charge in [0, 0.05) is 38.6 Å². The Morgan fingerprint density at radius 3 is 1.74 bits per heavy atom. The summed E-state index contributed by atoms with van der Waals surface area (Å²) in [5.74, 6) is 0. The molecule has 0 unspecified atom stereocenters. The Morgan fingerprint density at radius 2 is 0.887 bits per heavy atom. The number of furan rings is 2. The zero-order chi connectivity index (χ0) is 34.9. The van der Waals surface area contributed by atoms with Gasteiger partial charge in [0.15, 0.2) is 0 Å². The molecule has 3 nitrogen and oxygen atoms in total. The standard InChI is InChI=1S/C50H31NO2/c1-2-9-32(10-3-1)33-19-22-37(23-20-33)51(38-24-27-47-44(30-38)43-13-6-7-15-46(43)52-47)39-25-28-48-45(31-39)50-42(14-8-16-49(50)53-48)36-21-26-41-35(29-36)18-17-34-11-4-5-12-40(34)41/h1-31H. The summed E-state index contributed by atoms with van der Waals surface area (Å²) in [6.07, 6.45) is 0. The topological polar surface area (TPSA) is 29.5 Å². The molecule has 0 atom stereocenters. The molecule has 0 bridgehead atoms. The fourth-order valence-corrected chi connectivity index (χ4v) is 8.11. The highest BCUT2D eigenvalue weighted by Gasteiger charge is 2.19. The van der Waals surface area contributed by atoms with E-state index in [2.05, 4.69) is 181 Å². The molecule has 248 valence electrons. The van der Waals surface area contributed by atoms with Crippen LogP contribution >= 0.6 is 0 Å². The number of anilines is 3. The molecule has 0 fully saturated rings. The van der Waals surface area contributed by atoms with Crippen LogP contribution in [0.25, 0.3) is 87.7 Å². The number of rotatable bonds is 5. The van der Waals surface area contributed by atoms with Crippen molar-refractivity contribution in [3.05, 3.63) is 188 Å². The van der Waals surface area contributed by atoms with Crippen molar-refractivity contribution in [1.82, 2.24) is 0 Å². The molecule has 11 rings (SSSR count). The van der Waals surface area contributed by atoms with Gasteiger partial charge in [-0.3, -0.25) is 0 Å². The van der Waals surface area contributed by atoms with Crippen LogP contribution in [0, 0.1) is 0 Å². The molecular weight excluding hydrogens is 647 g/mol. The van der Waals surface area contributed by atoms with Crippen molar-refractivity contribution in [2.75, 3.05) is 4.90 Å². The Hall–Kier alpha value is -7.10. The summed E-state index contributed by atoms with van der Waals surface area (Å²) in [6, 6.07) is 66.9. The lowest BCUT2D eigenvalue weighted by molar-refractivity contribution is 0.668. The van der Waals surface area contributed by atoms with Crippen molar-refractivity contribution in [1.29, 1.82) is 0 Å². The van der Waals surface area contributed by atoms with Crippen molar-refractivity contribution in [2.45, 2.75) is 0 Å². The molecule has 53 heavy (non-hydrogen) atoms. The number of hydrogen-bond acceptors (Lipinski definition) is 3. The predicted octanol–water partition coefficient (Wildman–Crippen LogP) is 14.6. The van der Waals surface area contributed by atoms with Gasteiger partial charge in [0.2, 0.25) is 0 Å². The third-order valence-electron chi connectivity index (χ3n) is 10.6. The van der Waals surface area contributed by atoms with Gasteiger partial charge < -0.3 is 13.7 Å². The fourth-order valence-electron chi connectivity index (χ4n) is 8.11. The van der Waals surface area contributed by atoms with Gasteiger partial charge in [0.25, 0.3) is 0 Å². The molecule has 0 aliphatic rings. The maximum absolute atomic E-state index is 6.54. The molecule has 11 aromatic rings. The van der Waals surface area contributed by atoms with Crippen LogP contribution in [-0.2, 0) is 0 Å². The summed E-state index contributed by atoms with van der Waals surface area (Å²) in [7, 11) is 0. The molecular formula is C50H31NO2. The minimum Gasteiger partial charge on any atom is -0.456 e. The minimum atomic E-state index is 0.860. The molecule has 9 aromatic carbocycles. The van der Waals surface area contributed by atoms with Crippen molar-refractivity contribution in [3.8, 4) is 22.3 Å². The lowest BCUT2D eigenvalue weighted by Crippen LogP contribution is -2.09. The second-order valence-electron chi connectivity index (χ2n) is 13.7. The van der Waals surface area contributed by atoms with E-state index >= 15 is 0 Å². The molecule has 0 spiro atoms. The quantitative estimate of drug-likeness (QED) is 0.170. The summed E-state index contributed by atoms with van der Waals surface area (Å²) in [5, 5.41) is 9.38. The van der Waals surface area contributed by atoms with Gasteiger partial charge in [-0.05, 0) is 111 Å². The molecule has 2 aromatic heterocycles. The maximum atomic E-state index is 6.54. The van der Waals surface area contributed by atoms with Crippen LogP contribution in [-0.4, -0.2) is 0 Å². The van der Waals surface area contributed by atoms with Crippen LogP contribution in [0.2, 0.25) is 0 Å². The van der Waals surface area contributed by atoms with E-state index in [-0.39, 0.29) is 0 Å². The zero-order valence-corrected chi connectivity index (χ0v) is 28.7. The molecule has 0 aliphatic carbocycles. The SMILES string of the molecule is c1ccc(-c2ccc(N(c3ccc4oc5ccccc5c4c3)c3ccc4oc5cccc(-c6ccc7c(ccc8ccccc87)c6)c5c4c3)cc2)cc1. The van der Waals surface area contributed by atoms with Crippen molar-refractivity contribution in [2.24, 2.45) is 0 Å². The lowest BCUT2D eigenvalue weighted by atomic mass is 9.95. The summed E-state index contributed by atoms with van der Waals surface area (Å²) >= 11 is 0. The fraction of sp³-hybridized carbons (Fsp3) is 0. The van der Waals surface area contributed by atoms with Crippen LogP contribution in [0.3, 0.4) is 0 Å². The van der Waals surface area contributed by atoms with Gasteiger partial charge in [0.05, 0.1) is 0 Å². The van der Waals surface area contributed by atoms with E-state index < -0.39 is 0 Å². The lowest BCUT2D eigenvalue weighted by Gasteiger charge is -2.26. The normalized spacial score (nSPS) is 11.8. The number of benzene rings is 9. The average Bonchev–Trinajstić information content (AvgIpc) is 3.79. The highest BCUT2D eigenvalue weighted by atomic mass is 16.3. The van der Waals surface area contributed by atoms with E-state index in [0.717, 1.165) is 72.1 Å². The van der Waals surface area contributed by atoms with Gasteiger partial charge >= 0.3 is 0 Å². The number of nitrogens with zero attached hydrogens (tertiary/aromatic N) is 1. The Balaban J connectivity index is 1.10. The Labute approximate surface area is 305 Å². The highest BCUT2D eigenvalue weighted by Crippen LogP contribution is 2.43. The third-order valence-corrected chi connectivity index (χ3v) is 10.6. The number of fused-ring (bicyclic) bond motifs is 9. The first-order valence-electron chi connectivity index (χ1n) is 18.0. The minimum absolute atomic E-state index is 0.860. The van der Waals surface area contributed by atoms with Gasteiger partial charge in [-0.15, -0.1) is 0 Å².